The van der Waals surface area contributed by atoms with Gasteiger partial charge in [0.1, 0.15) is 0 Å². The molecule has 0 spiro atoms. The van der Waals surface area contributed by atoms with Crippen molar-refractivity contribution in [2.75, 3.05) is 6.54 Å². The van der Waals surface area contributed by atoms with Crippen molar-refractivity contribution in [1.29, 1.82) is 0 Å². The number of piperidine rings is 1. The van der Waals surface area contributed by atoms with Crippen LogP contribution in [0.3, 0.4) is 0 Å². The van der Waals surface area contributed by atoms with Crippen LogP contribution in [-0.2, 0) is 6.67 Å². The number of aromatic nitrogens is 2. The number of non-ortho nitro benzene ring substituents is 1. The molecule has 2 aliphatic rings. The van der Waals surface area contributed by atoms with Crippen LogP contribution < -0.4 is 0 Å². The number of likely N-dealkylation sites (tertiary alicyclic amines) is 1. The van der Waals surface area contributed by atoms with Crippen molar-refractivity contribution in [1.82, 2.24) is 14.7 Å². The maximum atomic E-state index is 11.0. The second-order valence-electron chi connectivity index (χ2n) is 6.85. The number of nitro groups is 1. The first kappa shape index (κ1) is 14.6. The zero-order chi connectivity index (χ0) is 15.8. The summed E-state index contributed by atoms with van der Waals surface area (Å²) in [6, 6.07) is 5.64. The zero-order valence-electron chi connectivity index (χ0n) is 13.2. The highest BCUT2D eigenvalue weighted by atomic mass is 16.6. The van der Waals surface area contributed by atoms with Gasteiger partial charge in [0.25, 0.3) is 5.69 Å². The predicted molar refractivity (Wildman–Crippen MR) is 88.1 cm³/mol. The second kappa shape index (κ2) is 5.92. The zero-order valence-corrected chi connectivity index (χ0v) is 13.2. The average Bonchev–Trinajstić information content (AvgIpc) is 2.97. The summed E-state index contributed by atoms with van der Waals surface area (Å²) in [6.07, 6.45) is 9.74. The lowest BCUT2D eigenvalue weighted by atomic mass is 9.78. The van der Waals surface area contributed by atoms with Crippen molar-refractivity contribution in [3.63, 3.8) is 0 Å². The standard InChI is InChI=1S/C17H22N4O2/c22-21(23)15-8-7-14-11-18-20(17(14)10-15)12-19-9-3-5-13-4-1-2-6-16(13)19/h7-8,10-11,13,16H,1-6,9,12H2/t13-,16-/m0/s1. The summed E-state index contributed by atoms with van der Waals surface area (Å²) >= 11 is 0. The van der Waals surface area contributed by atoms with Crippen LogP contribution in [0.5, 0.6) is 0 Å². The summed E-state index contributed by atoms with van der Waals surface area (Å²) in [5.41, 5.74) is 0.991. The summed E-state index contributed by atoms with van der Waals surface area (Å²) in [5.74, 6) is 0.827. The molecule has 2 heterocycles. The number of fused-ring (bicyclic) bond motifs is 2. The summed E-state index contributed by atoms with van der Waals surface area (Å²) in [4.78, 5) is 13.2. The normalized spacial score (nSPS) is 25.4. The van der Waals surface area contributed by atoms with Gasteiger partial charge < -0.3 is 0 Å². The molecule has 2 aromatic rings. The highest BCUT2D eigenvalue weighted by molar-refractivity contribution is 5.80. The Morgan fingerprint density at radius 3 is 2.91 bits per heavy atom. The Kier molecular flexibility index (Phi) is 3.77. The molecule has 4 rings (SSSR count). The molecule has 0 bridgehead atoms. The Hall–Kier alpha value is -1.95. The van der Waals surface area contributed by atoms with Gasteiger partial charge in [-0.05, 0) is 37.7 Å². The molecule has 1 aromatic carbocycles. The molecule has 23 heavy (non-hydrogen) atoms. The van der Waals surface area contributed by atoms with Gasteiger partial charge in [0.15, 0.2) is 0 Å². The van der Waals surface area contributed by atoms with Crippen LogP contribution in [0.4, 0.5) is 5.69 Å². The molecule has 1 saturated heterocycles. The lowest BCUT2D eigenvalue weighted by Gasteiger charge is -2.44. The monoisotopic (exact) mass is 314 g/mol. The molecule has 122 valence electrons. The van der Waals surface area contributed by atoms with Crippen molar-refractivity contribution in [3.05, 3.63) is 34.5 Å². The van der Waals surface area contributed by atoms with Crippen LogP contribution in [0, 0.1) is 16.0 Å². The summed E-state index contributed by atoms with van der Waals surface area (Å²) < 4.78 is 1.93. The van der Waals surface area contributed by atoms with Crippen LogP contribution in [0.2, 0.25) is 0 Å². The Labute approximate surface area is 135 Å². The van der Waals surface area contributed by atoms with E-state index in [1.165, 1.54) is 38.5 Å². The number of nitro benzene ring substituents is 1. The first-order valence-corrected chi connectivity index (χ1v) is 8.56. The molecule has 6 heteroatoms. The number of rotatable bonds is 3. The summed E-state index contributed by atoms with van der Waals surface area (Å²) in [5, 5.41) is 16.5. The van der Waals surface area contributed by atoms with Crippen molar-refractivity contribution >= 4 is 16.6 Å². The number of hydrogen-bond donors (Lipinski definition) is 0. The molecule has 1 aliphatic carbocycles. The minimum atomic E-state index is -0.338. The molecule has 0 amide bonds. The predicted octanol–water partition coefficient (Wildman–Crippen LogP) is 3.56. The smallest absolute Gasteiger partial charge is 0.271 e. The third-order valence-electron chi connectivity index (χ3n) is 5.51. The average molecular weight is 314 g/mol. The minimum absolute atomic E-state index is 0.133. The summed E-state index contributed by atoms with van der Waals surface area (Å²) in [7, 11) is 0. The molecule has 0 unspecified atom stereocenters. The van der Waals surface area contributed by atoms with E-state index < -0.39 is 0 Å². The lowest BCUT2D eigenvalue weighted by Crippen LogP contribution is -2.47. The Balaban J connectivity index is 1.61. The van der Waals surface area contributed by atoms with Gasteiger partial charge in [-0.2, -0.15) is 5.10 Å². The first-order valence-electron chi connectivity index (χ1n) is 8.56. The van der Waals surface area contributed by atoms with Gasteiger partial charge in [-0.25, -0.2) is 0 Å². The third kappa shape index (κ3) is 2.72. The number of nitrogens with zero attached hydrogens (tertiary/aromatic N) is 4. The highest BCUT2D eigenvalue weighted by Gasteiger charge is 2.33. The molecule has 0 radical (unpaired) electrons. The van der Waals surface area contributed by atoms with E-state index in [4.69, 9.17) is 0 Å². The van der Waals surface area contributed by atoms with E-state index in [1.807, 2.05) is 4.68 Å². The van der Waals surface area contributed by atoms with E-state index in [9.17, 15) is 10.1 Å². The Morgan fingerprint density at radius 1 is 1.22 bits per heavy atom. The number of hydrogen-bond acceptors (Lipinski definition) is 4. The molecule has 1 aromatic heterocycles. The largest absolute Gasteiger partial charge is 0.281 e. The van der Waals surface area contributed by atoms with Gasteiger partial charge in [-0.1, -0.05) is 12.8 Å². The maximum absolute atomic E-state index is 11.0. The van der Waals surface area contributed by atoms with Crippen LogP contribution in [0.1, 0.15) is 38.5 Å². The maximum Gasteiger partial charge on any atom is 0.271 e. The molecule has 2 fully saturated rings. The van der Waals surface area contributed by atoms with Gasteiger partial charge in [0.2, 0.25) is 0 Å². The van der Waals surface area contributed by atoms with E-state index in [-0.39, 0.29) is 10.6 Å². The fraction of sp³-hybridized carbons (Fsp3) is 0.588. The fourth-order valence-corrected chi connectivity index (χ4v) is 4.36. The Bertz CT molecular complexity index is 724. The minimum Gasteiger partial charge on any atom is -0.281 e. The summed E-state index contributed by atoms with van der Waals surface area (Å²) in [6.45, 7) is 1.85. The molecular weight excluding hydrogens is 292 g/mol. The SMILES string of the molecule is O=[N+]([O-])c1ccc2cnn(CN3CCC[C@@H]4CCCC[C@@H]43)c2c1. The van der Waals surface area contributed by atoms with Gasteiger partial charge >= 0.3 is 0 Å². The molecule has 6 nitrogen and oxygen atoms in total. The van der Waals surface area contributed by atoms with Gasteiger partial charge in [0.05, 0.1) is 23.3 Å². The van der Waals surface area contributed by atoms with E-state index >= 15 is 0 Å². The topological polar surface area (TPSA) is 64.2 Å². The molecule has 1 saturated carbocycles. The van der Waals surface area contributed by atoms with Crippen molar-refractivity contribution in [2.24, 2.45) is 5.92 Å². The van der Waals surface area contributed by atoms with Gasteiger partial charge in [-0.3, -0.25) is 19.7 Å². The van der Waals surface area contributed by atoms with Crippen molar-refractivity contribution < 1.29 is 4.92 Å². The quantitative estimate of drug-likeness (QED) is 0.642. The van der Waals surface area contributed by atoms with E-state index in [0.717, 1.165) is 30.0 Å². The van der Waals surface area contributed by atoms with Crippen LogP contribution in [0.15, 0.2) is 24.4 Å². The second-order valence-corrected chi connectivity index (χ2v) is 6.85. The van der Waals surface area contributed by atoms with Crippen molar-refractivity contribution in [3.8, 4) is 0 Å². The molecule has 1 aliphatic heterocycles. The van der Waals surface area contributed by atoms with Crippen LogP contribution in [-0.4, -0.2) is 32.2 Å². The van der Waals surface area contributed by atoms with Gasteiger partial charge in [-0.15, -0.1) is 0 Å². The third-order valence-corrected chi connectivity index (χ3v) is 5.51. The highest BCUT2D eigenvalue weighted by Crippen LogP contribution is 2.35. The number of benzene rings is 1. The Morgan fingerprint density at radius 2 is 2.04 bits per heavy atom. The van der Waals surface area contributed by atoms with Crippen LogP contribution in [0.25, 0.3) is 10.9 Å². The molecule has 0 N–H and O–H groups in total. The van der Waals surface area contributed by atoms with Crippen LogP contribution >= 0.6 is 0 Å². The van der Waals surface area contributed by atoms with Crippen molar-refractivity contribution in [2.45, 2.75) is 51.2 Å². The molecular formula is C17H22N4O2. The molecule has 2 atom stereocenters. The van der Waals surface area contributed by atoms with E-state index in [0.29, 0.717) is 6.04 Å². The lowest BCUT2D eigenvalue weighted by molar-refractivity contribution is -0.384. The van der Waals surface area contributed by atoms with E-state index in [1.54, 1.807) is 24.4 Å². The van der Waals surface area contributed by atoms with E-state index in [2.05, 4.69) is 10.00 Å². The fourth-order valence-electron chi connectivity index (χ4n) is 4.36. The first-order chi connectivity index (χ1) is 11.2. The van der Waals surface area contributed by atoms with Gasteiger partial charge in [0, 0.05) is 30.1 Å².